The molecule has 1 unspecified atom stereocenters. The summed E-state index contributed by atoms with van der Waals surface area (Å²) in [7, 11) is 1.73. The first-order valence-corrected chi connectivity index (χ1v) is 11.7. The normalized spacial score (nSPS) is 12.6. The SMILES string of the molecule is C=C(C=CC(=CC)N(C)C(=O)c1ccccc1)Cc1nc(Cl)c(CC(=O)O)c(C(C)CCC)n1. The van der Waals surface area contributed by atoms with Crippen molar-refractivity contribution >= 4 is 23.5 Å². The van der Waals surface area contributed by atoms with Gasteiger partial charge in [-0.3, -0.25) is 9.59 Å². The van der Waals surface area contributed by atoms with Gasteiger partial charge >= 0.3 is 5.97 Å². The van der Waals surface area contributed by atoms with Gasteiger partial charge in [0.05, 0.1) is 12.1 Å². The van der Waals surface area contributed by atoms with Gasteiger partial charge in [0.15, 0.2) is 0 Å². The molecule has 1 N–H and O–H groups in total. The van der Waals surface area contributed by atoms with Crippen molar-refractivity contribution in [1.82, 2.24) is 14.9 Å². The fraction of sp³-hybridized carbons (Fsp3) is 0.333. The maximum Gasteiger partial charge on any atom is 0.308 e. The van der Waals surface area contributed by atoms with Gasteiger partial charge in [0, 0.05) is 30.3 Å². The first kappa shape index (κ1) is 27.0. The molecular weight excluding hydrogens is 450 g/mol. The molecule has 0 radical (unpaired) electrons. The van der Waals surface area contributed by atoms with Crippen LogP contribution in [0.1, 0.15) is 67.0 Å². The second-order valence-corrected chi connectivity index (χ2v) is 8.52. The van der Waals surface area contributed by atoms with E-state index in [0.717, 1.165) is 24.1 Å². The highest BCUT2D eigenvalue weighted by Gasteiger charge is 2.20. The molecule has 7 heteroatoms. The molecule has 1 amide bonds. The van der Waals surface area contributed by atoms with Crippen molar-refractivity contribution in [1.29, 1.82) is 0 Å². The van der Waals surface area contributed by atoms with E-state index in [9.17, 15) is 14.7 Å². The van der Waals surface area contributed by atoms with Gasteiger partial charge in [-0.15, -0.1) is 0 Å². The number of rotatable bonds is 11. The molecule has 6 nitrogen and oxygen atoms in total. The van der Waals surface area contributed by atoms with Crippen LogP contribution in [0.5, 0.6) is 0 Å². The number of nitrogens with zero attached hydrogens (tertiary/aromatic N) is 3. The van der Waals surface area contributed by atoms with Crippen molar-refractivity contribution in [2.24, 2.45) is 0 Å². The Morgan fingerprint density at radius 3 is 2.44 bits per heavy atom. The van der Waals surface area contributed by atoms with Crippen molar-refractivity contribution in [2.45, 2.75) is 52.4 Å². The number of hydrogen-bond donors (Lipinski definition) is 1. The topological polar surface area (TPSA) is 83.4 Å². The third-order valence-electron chi connectivity index (χ3n) is 5.43. The number of halogens is 1. The summed E-state index contributed by atoms with van der Waals surface area (Å²) >= 11 is 6.38. The third kappa shape index (κ3) is 7.39. The maximum absolute atomic E-state index is 12.7. The van der Waals surface area contributed by atoms with E-state index in [1.54, 1.807) is 24.1 Å². The minimum atomic E-state index is -0.969. The Balaban J connectivity index is 2.20. The number of carboxylic acid groups (broad SMARTS) is 1. The summed E-state index contributed by atoms with van der Waals surface area (Å²) in [5.74, 6) is -0.525. The number of carbonyl (C=O) groups excluding carboxylic acids is 1. The van der Waals surface area contributed by atoms with Crippen LogP contribution in [0, 0.1) is 0 Å². The molecule has 1 heterocycles. The van der Waals surface area contributed by atoms with Crippen LogP contribution in [-0.4, -0.2) is 38.9 Å². The number of likely N-dealkylation sites (N-methyl/N-ethyl adjacent to an activating group) is 1. The molecule has 0 saturated carbocycles. The molecule has 0 aliphatic rings. The largest absolute Gasteiger partial charge is 0.481 e. The second-order valence-electron chi connectivity index (χ2n) is 8.17. The quantitative estimate of drug-likeness (QED) is 0.314. The number of amides is 1. The molecule has 0 fully saturated rings. The molecule has 1 aromatic heterocycles. The van der Waals surface area contributed by atoms with Crippen LogP contribution in [0.4, 0.5) is 0 Å². The zero-order valence-corrected chi connectivity index (χ0v) is 21.0. The molecular formula is C27H32ClN3O3. The first-order valence-electron chi connectivity index (χ1n) is 11.3. The molecule has 0 bridgehead atoms. The summed E-state index contributed by atoms with van der Waals surface area (Å²) in [5, 5.41) is 9.44. The number of carboxylic acids is 1. The Bertz CT molecular complexity index is 1090. The molecule has 0 aliphatic carbocycles. The first-order chi connectivity index (χ1) is 16.2. The Labute approximate surface area is 206 Å². The number of carbonyl (C=O) groups is 2. The monoisotopic (exact) mass is 481 g/mol. The van der Waals surface area contributed by atoms with Crippen LogP contribution in [0.25, 0.3) is 0 Å². The van der Waals surface area contributed by atoms with E-state index in [1.807, 2.05) is 50.3 Å². The van der Waals surface area contributed by atoms with E-state index in [2.05, 4.69) is 23.5 Å². The minimum Gasteiger partial charge on any atom is -0.481 e. The maximum atomic E-state index is 12.7. The Hall–Kier alpha value is -3.25. The molecule has 0 aliphatic heterocycles. The Morgan fingerprint density at radius 2 is 1.85 bits per heavy atom. The number of aromatic nitrogens is 2. The van der Waals surface area contributed by atoms with Crippen molar-refractivity contribution in [3.05, 3.63) is 94.2 Å². The minimum absolute atomic E-state index is 0.0645. The van der Waals surface area contributed by atoms with Crippen LogP contribution < -0.4 is 0 Å². The molecule has 180 valence electrons. The highest BCUT2D eigenvalue weighted by molar-refractivity contribution is 6.30. The van der Waals surface area contributed by atoms with Crippen molar-refractivity contribution < 1.29 is 14.7 Å². The lowest BCUT2D eigenvalue weighted by Crippen LogP contribution is -2.25. The van der Waals surface area contributed by atoms with Crippen molar-refractivity contribution in [3.63, 3.8) is 0 Å². The van der Waals surface area contributed by atoms with Gasteiger partial charge in [0.1, 0.15) is 11.0 Å². The number of hydrogen-bond acceptors (Lipinski definition) is 4. The van der Waals surface area contributed by atoms with E-state index in [0.29, 0.717) is 29.1 Å². The summed E-state index contributed by atoms with van der Waals surface area (Å²) < 4.78 is 0. The van der Waals surface area contributed by atoms with Gasteiger partial charge < -0.3 is 10.0 Å². The molecule has 0 saturated heterocycles. The smallest absolute Gasteiger partial charge is 0.308 e. The lowest BCUT2D eigenvalue weighted by atomic mass is 9.96. The van der Waals surface area contributed by atoms with Gasteiger partial charge in [-0.05, 0) is 43.0 Å². The molecule has 34 heavy (non-hydrogen) atoms. The summed E-state index contributed by atoms with van der Waals surface area (Å²) in [6.45, 7) is 10.0. The standard InChI is InChI=1S/C27H32ClN3O3/c1-6-11-19(4)25-22(17-24(32)33)26(28)30-23(29-25)16-18(3)14-15-21(7-2)31(5)27(34)20-12-9-8-10-13-20/h7-10,12-15,19H,3,6,11,16-17H2,1-2,4-5H3,(H,32,33). The summed E-state index contributed by atoms with van der Waals surface area (Å²) in [4.78, 5) is 34.6. The summed E-state index contributed by atoms with van der Waals surface area (Å²) in [5.41, 5.74) is 3.21. The van der Waals surface area contributed by atoms with Gasteiger partial charge in [0.2, 0.25) is 0 Å². The van der Waals surface area contributed by atoms with Gasteiger partial charge in [-0.1, -0.05) is 68.8 Å². The van der Waals surface area contributed by atoms with E-state index < -0.39 is 5.97 Å². The summed E-state index contributed by atoms with van der Waals surface area (Å²) in [6, 6.07) is 9.09. The van der Waals surface area contributed by atoms with E-state index >= 15 is 0 Å². The van der Waals surface area contributed by atoms with E-state index in [-0.39, 0.29) is 23.4 Å². The summed E-state index contributed by atoms with van der Waals surface area (Å²) in [6.07, 6.45) is 7.45. The lowest BCUT2D eigenvalue weighted by molar-refractivity contribution is -0.136. The highest BCUT2D eigenvalue weighted by atomic mass is 35.5. The highest BCUT2D eigenvalue weighted by Crippen LogP contribution is 2.28. The van der Waals surface area contributed by atoms with Crippen LogP contribution in [-0.2, 0) is 17.6 Å². The van der Waals surface area contributed by atoms with Crippen LogP contribution in [0.15, 0.2) is 66.4 Å². The van der Waals surface area contributed by atoms with Gasteiger partial charge in [-0.2, -0.15) is 0 Å². The van der Waals surface area contributed by atoms with Gasteiger partial charge in [-0.25, -0.2) is 9.97 Å². The zero-order chi connectivity index (χ0) is 25.3. The molecule has 1 aromatic carbocycles. The van der Waals surface area contributed by atoms with Crippen molar-refractivity contribution in [2.75, 3.05) is 7.05 Å². The average Bonchev–Trinajstić information content (AvgIpc) is 2.80. The Morgan fingerprint density at radius 1 is 1.18 bits per heavy atom. The Kier molecular flexibility index (Phi) is 10.2. The van der Waals surface area contributed by atoms with Crippen LogP contribution >= 0.6 is 11.6 Å². The lowest BCUT2D eigenvalue weighted by Gasteiger charge is -2.18. The predicted octanol–water partition coefficient (Wildman–Crippen LogP) is 5.99. The third-order valence-corrected chi connectivity index (χ3v) is 5.75. The molecule has 2 rings (SSSR count). The fourth-order valence-corrected chi connectivity index (χ4v) is 3.91. The molecule has 2 aromatic rings. The average molecular weight is 482 g/mol. The van der Waals surface area contributed by atoms with E-state index in [1.165, 1.54) is 0 Å². The molecule has 0 spiro atoms. The van der Waals surface area contributed by atoms with Gasteiger partial charge in [0.25, 0.3) is 5.91 Å². The second kappa shape index (κ2) is 12.8. The molecule has 1 atom stereocenters. The number of aliphatic carboxylic acids is 1. The zero-order valence-electron chi connectivity index (χ0n) is 20.2. The van der Waals surface area contributed by atoms with Crippen molar-refractivity contribution in [3.8, 4) is 0 Å². The van der Waals surface area contributed by atoms with Crippen LogP contribution in [0.2, 0.25) is 5.15 Å². The fourth-order valence-electron chi connectivity index (χ4n) is 3.65. The number of benzene rings is 1. The predicted molar refractivity (Wildman–Crippen MR) is 136 cm³/mol. The number of allylic oxidation sites excluding steroid dienone is 4. The van der Waals surface area contributed by atoms with Crippen LogP contribution in [0.3, 0.4) is 0 Å². The van der Waals surface area contributed by atoms with E-state index in [4.69, 9.17) is 11.6 Å².